The number of aliphatic hydroxyl groups is 1. The molecule has 0 heterocycles. The molecule has 0 aromatic rings. The summed E-state index contributed by atoms with van der Waals surface area (Å²) in [5, 5.41) is 11.9. The normalized spacial score (nSPS) is 16.2. The molecule has 20 heavy (non-hydrogen) atoms. The van der Waals surface area contributed by atoms with Crippen LogP contribution in [0.1, 0.15) is 27.7 Å². The van der Waals surface area contributed by atoms with Gasteiger partial charge in [-0.25, -0.2) is 0 Å². The van der Waals surface area contributed by atoms with E-state index < -0.39 is 42.2 Å². The molecule has 0 fully saturated rings. The molecular weight excluding hydrogens is 270 g/mol. The van der Waals surface area contributed by atoms with Crippen LogP contribution in [0.2, 0.25) is 0 Å². The maximum Gasteiger partial charge on any atom is 0.303 e. The summed E-state index contributed by atoms with van der Waals surface area (Å²) in [6.45, 7) is 4.67. The van der Waals surface area contributed by atoms with Gasteiger partial charge in [-0.1, -0.05) is 0 Å². The maximum atomic E-state index is 11.1. The van der Waals surface area contributed by atoms with E-state index >= 15 is 0 Å². The summed E-state index contributed by atoms with van der Waals surface area (Å²) in [5.74, 6) is -2.00. The second-order valence-electron chi connectivity index (χ2n) is 4.25. The molecule has 114 valence electrons. The molecule has 4 atom stereocenters. The van der Waals surface area contributed by atoms with E-state index in [1.165, 1.54) is 13.8 Å². The highest BCUT2D eigenvalue weighted by Crippen LogP contribution is 2.14. The van der Waals surface area contributed by atoms with Crippen molar-refractivity contribution in [3.8, 4) is 0 Å². The molecule has 0 radical (unpaired) electrons. The van der Waals surface area contributed by atoms with Crippen LogP contribution in [0.5, 0.6) is 0 Å². The second-order valence-corrected chi connectivity index (χ2v) is 4.25. The molecule has 8 nitrogen and oxygen atoms in total. The quantitative estimate of drug-likeness (QED) is 0.452. The van der Waals surface area contributed by atoms with Crippen molar-refractivity contribution >= 4 is 24.1 Å². The fourth-order valence-corrected chi connectivity index (χ4v) is 1.60. The van der Waals surface area contributed by atoms with E-state index in [0.29, 0.717) is 6.29 Å². The van der Waals surface area contributed by atoms with E-state index in [1.807, 2.05) is 0 Å². The Bertz CT molecular complexity index is 380. The first-order valence-corrected chi connectivity index (χ1v) is 5.94. The lowest BCUT2D eigenvalue weighted by molar-refractivity contribution is -0.177. The van der Waals surface area contributed by atoms with E-state index in [9.17, 15) is 24.3 Å². The maximum absolute atomic E-state index is 11.1. The summed E-state index contributed by atoms with van der Waals surface area (Å²) in [7, 11) is 0. The third-order valence-corrected chi connectivity index (χ3v) is 2.27. The molecule has 0 aliphatic heterocycles. The fourth-order valence-electron chi connectivity index (χ4n) is 1.60. The standard InChI is InChI=1S/C12H19NO7/c1-6(15)11(19-8(3)17)12(20-9(4)18)10(5-14)13-7(2)16/h5-6,10-12,15H,1-4H3,(H,13,16)/t6-,10+,11+,12-/m1/s1. The number of amides is 1. The van der Waals surface area contributed by atoms with E-state index in [4.69, 9.17) is 9.47 Å². The number of ether oxygens (including phenoxy) is 2. The molecular formula is C12H19NO7. The predicted octanol–water partition coefficient (Wildman–Crippen LogP) is -1.07. The van der Waals surface area contributed by atoms with Crippen molar-refractivity contribution in [3.05, 3.63) is 0 Å². The van der Waals surface area contributed by atoms with Crippen LogP contribution < -0.4 is 5.32 Å². The third-order valence-electron chi connectivity index (χ3n) is 2.27. The average molecular weight is 289 g/mol. The van der Waals surface area contributed by atoms with E-state index in [2.05, 4.69) is 5.32 Å². The molecule has 0 saturated carbocycles. The van der Waals surface area contributed by atoms with E-state index in [1.54, 1.807) is 0 Å². The Labute approximate surface area is 116 Å². The Morgan fingerprint density at radius 3 is 1.80 bits per heavy atom. The highest BCUT2D eigenvalue weighted by molar-refractivity contribution is 5.78. The number of aliphatic hydroxyl groups excluding tert-OH is 1. The molecule has 0 aromatic heterocycles. The summed E-state index contributed by atoms with van der Waals surface area (Å²) >= 11 is 0. The van der Waals surface area contributed by atoms with Gasteiger partial charge in [0.15, 0.2) is 12.2 Å². The van der Waals surface area contributed by atoms with E-state index in [0.717, 1.165) is 13.8 Å². The molecule has 0 unspecified atom stereocenters. The lowest BCUT2D eigenvalue weighted by Crippen LogP contribution is -2.55. The van der Waals surface area contributed by atoms with E-state index in [-0.39, 0.29) is 0 Å². The van der Waals surface area contributed by atoms with Crippen molar-refractivity contribution in [3.63, 3.8) is 0 Å². The minimum Gasteiger partial charge on any atom is -0.456 e. The number of aldehydes is 1. The summed E-state index contributed by atoms with van der Waals surface area (Å²) in [5.41, 5.74) is 0. The van der Waals surface area contributed by atoms with Gasteiger partial charge in [0.05, 0.1) is 6.10 Å². The van der Waals surface area contributed by atoms with Gasteiger partial charge in [0.25, 0.3) is 0 Å². The van der Waals surface area contributed by atoms with Gasteiger partial charge in [-0.3, -0.25) is 14.4 Å². The third kappa shape index (κ3) is 6.28. The Kier molecular flexibility index (Phi) is 7.45. The number of nitrogens with one attached hydrogen (secondary N) is 1. The summed E-state index contributed by atoms with van der Waals surface area (Å²) in [6.07, 6.45) is -3.47. The smallest absolute Gasteiger partial charge is 0.303 e. The lowest BCUT2D eigenvalue weighted by atomic mass is 10.0. The van der Waals surface area contributed by atoms with Crippen molar-refractivity contribution in [2.45, 2.75) is 52.0 Å². The predicted molar refractivity (Wildman–Crippen MR) is 66.5 cm³/mol. The number of carbonyl (C=O) groups is 4. The minimum atomic E-state index is -1.32. The zero-order chi connectivity index (χ0) is 15.9. The lowest BCUT2D eigenvalue weighted by Gasteiger charge is -2.31. The molecule has 0 rings (SSSR count). The Morgan fingerprint density at radius 2 is 1.50 bits per heavy atom. The zero-order valence-electron chi connectivity index (χ0n) is 11.8. The number of esters is 2. The van der Waals surface area contributed by atoms with Gasteiger partial charge in [-0.05, 0) is 6.92 Å². The molecule has 0 aromatic carbocycles. The van der Waals surface area contributed by atoms with Crippen LogP contribution in [0.3, 0.4) is 0 Å². The molecule has 1 amide bonds. The van der Waals surface area contributed by atoms with Crippen molar-refractivity contribution in [2.75, 3.05) is 0 Å². The van der Waals surface area contributed by atoms with Gasteiger partial charge in [0.2, 0.25) is 5.91 Å². The Hall–Kier alpha value is -1.96. The van der Waals surface area contributed by atoms with Crippen LogP contribution in [-0.4, -0.2) is 53.6 Å². The molecule has 0 aliphatic carbocycles. The average Bonchev–Trinajstić information content (AvgIpc) is 2.29. The molecule has 0 aliphatic rings. The Morgan fingerprint density at radius 1 is 1.05 bits per heavy atom. The molecule has 0 saturated heterocycles. The number of hydrogen-bond donors (Lipinski definition) is 2. The van der Waals surface area contributed by atoms with Gasteiger partial charge in [-0.2, -0.15) is 0 Å². The van der Waals surface area contributed by atoms with Crippen molar-refractivity contribution < 1.29 is 33.8 Å². The first-order chi connectivity index (χ1) is 9.18. The number of carbonyl (C=O) groups excluding carboxylic acids is 4. The highest BCUT2D eigenvalue weighted by atomic mass is 16.6. The van der Waals surface area contributed by atoms with Gasteiger partial charge in [-0.15, -0.1) is 0 Å². The Balaban J connectivity index is 5.33. The van der Waals surface area contributed by atoms with Crippen LogP contribution in [0.25, 0.3) is 0 Å². The van der Waals surface area contributed by atoms with Crippen molar-refractivity contribution in [1.29, 1.82) is 0 Å². The van der Waals surface area contributed by atoms with Gasteiger partial charge < -0.3 is 24.7 Å². The van der Waals surface area contributed by atoms with Gasteiger partial charge in [0, 0.05) is 20.8 Å². The van der Waals surface area contributed by atoms with Crippen LogP contribution in [0.15, 0.2) is 0 Å². The summed E-state index contributed by atoms with van der Waals surface area (Å²) in [4.78, 5) is 44.2. The molecule has 0 bridgehead atoms. The number of hydrogen-bond acceptors (Lipinski definition) is 7. The zero-order valence-corrected chi connectivity index (χ0v) is 11.8. The first-order valence-electron chi connectivity index (χ1n) is 5.94. The van der Waals surface area contributed by atoms with Crippen LogP contribution >= 0.6 is 0 Å². The number of rotatable bonds is 7. The van der Waals surface area contributed by atoms with Crippen molar-refractivity contribution in [2.24, 2.45) is 0 Å². The van der Waals surface area contributed by atoms with Crippen LogP contribution in [-0.2, 0) is 28.7 Å². The largest absolute Gasteiger partial charge is 0.456 e. The topological polar surface area (TPSA) is 119 Å². The first kappa shape index (κ1) is 18.0. The summed E-state index contributed by atoms with van der Waals surface area (Å²) in [6, 6.07) is -1.24. The second kappa shape index (κ2) is 8.26. The molecule has 8 heteroatoms. The minimum absolute atomic E-state index is 0.341. The van der Waals surface area contributed by atoms with Crippen LogP contribution in [0, 0.1) is 0 Å². The monoisotopic (exact) mass is 289 g/mol. The molecule has 0 spiro atoms. The van der Waals surface area contributed by atoms with Crippen molar-refractivity contribution in [1.82, 2.24) is 5.32 Å². The van der Waals surface area contributed by atoms with Crippen LogP contribution in [0.4, 0.5) is 0 Å². The fraction of sp³-hybridized carbons (Fsp3) is 0.667. The summed E-state index contributed by atoms with van der Waals surface area (Å²) < 4.78 is 9.77. The highest BCUT2D eigenvalue weighted by Gasteiger charge is 2.38. The molecule has 2 N–H and O–H groups in total. The SMILES string of the molecule is CC(=O)N[C@@H](C=O)[C@@H](OC(C)=O)[C@@H](OC(C)=O)[C@@H](C)O. The van der Waals surface area contributed by atoms with Gasteiger partial charge >= 0.3 is 11.9 Å². The van der Waals surface area contributed by atoms with Gasteiger partial charge in [0.1, 0.15) is 12.3 Å².